The zero-order valence-corrected chi connectivity index (χ0v) is 88.3. The molecule has 6 heterocycles. The molecule has 142 heavy (non-hydrogen) atoms. The largest absolute Gasteiger partial charge is 0.497 e. The molecule has 0 spiro atoms. The van der Waals surface area contributed by atoms with Gasteiger partial charge >= 0.3 is 0 Å². The third-order valence-corrected chi connectivity index (χ3v) is 27.4. The van der Waals surface area contributed by atoms with Gasteiger partial charge in [-0.3, -0.25) is 29.2 Å². The second-order valence-electron chi connectivity index (χ2n) is 39.7. The van der Waals surface area contributed by atoms with Crippen molar-refractivity contribution in [2.24, 2.45) is 0 Å². The molecular formula is C108H181F2N17O15. The van der Waals surface area contributed by atoms with Crippen molar-refractivity contribution in [3.8, 4) is 57.5 Å². The van der Waals surface area contributed by atoms with Crippen LogP contribution in [0.1, 0.15) is 144 Å². The van der Waals surface area contributed by atoms with Crippen molar-refractivity contribution in [3.05, 3.63) is 137 Å². The quantitative estimate of drug-likeness (QED) is 0.0159. The minimum absolute atomic E-state index is 0.135. The van der Waals surface area contributed by atoms with Crippen molar-refractivity contribution in [1.82, 2.24) is 85.4 Å². The third kappa shape index (κ3) is 47.5. The fourth-order valence-corrected chi connectivity index (χ4v) is 18.2. The van der Waals surface area contributed by atoms with Crippen LogP contribution in [0.2, 0.25) is 0 Å². The number of aliphatic hydroxyl groups is 5. The summed E-state index contributed by atoms with van der Waals surface area (Å²) in [5.74, 6) is 4.62. The van der Waals surface area contributed by atoms with Gasteiger partial charge in [-0.05, 0) is 123 Å². The van der Waals surface area contributed by atoms with Crippen LogP contribution in [0.3, 0.4) is 0 Å². The molecule has 5 aromatic carbocycles. The first-order chi connectivity index (χ1) is 68.8. The third-order valence-electron chi connectivity index (χ3n) is 27.4. The van der Waals surface area contributed by atoms with E-state index < -0.39 is 43.0 Å². The van der Waals surface area contributed by atoms with E-state index in [1.165, 1.54) is 96.3 Å². The number of hydrogen-bond acceptors (Lipinski definition) is 31. The first kappa shape index (κ1) is 118. The summed E-state index contributed by atoms with van der Waals surface area (Å²) in [6, 6.07) is 32.1. The molecule has 5 saturated heterocycles. The number of nitrogens with one attached hydrogen (secondary N) is 5. The van der Waals surface area contributed by atoms with Crippen molar-refractivity contribution < 1.29 is 81.7 Å². The van der Waals surface area contributed by atoms with Crippen LogP contribution in [0.15, 0.2) is 109 Å². The Morgan fingerprint density at radius 3 is 0.873 bits per heavy atom. The van der Waals surface area contributed by atoms with E-state index in [0.29, 0.717) is 82.7 Å². The summed E-state index contributed by atoms with van der Waals surface area (Å²) in [4.78, 5) is 23.0. The number of benzene rings is 5. The Morgan fingerprint density at radius 1 is 0.352 bits per heavy atom. The highest BCUT2D eigenvalue weighted by Crippen LogP contribution is 2.32. The van der Waals surface area contributed by atoms with Gasteiger partial charge in [-0.1, -0.05) is 101 Å². The standard InChI is InChI=1S/C24H41N3O3.C22H35N5O3.C22H37N3O3.C21H37N3O3.C19H31F2N3O3/c1-26-12-14-27(15-13-26)18-22(28)19-30-24-16-23(29-2)11-10-20(24)17-25-21-8-6-4-3-5-7-9-21;1-25-11-13-26(14-12-25)17-20(28)18-30-22-15-21(29-2)6-5-19(22)16-23-7-3-9-27-10-4-8-24-27;1-24-10-12-25(13-11-24)16-20(26)17-28-22-14-21(27-2)9-8-18(22)15-23-19-6-4-3-5-7-19;1-4-5-6-9-22-15-18-7-8-20(26-3)14-21(18)27-17-19(25)16-24-12-10-23(2)11-13-24;1-19(20,21)14-22-11-15-4-5-17(26-3)10-18(15)27-13-16(25)12-24-8-6-23(2)7-9-24/h10-11,16,21-22,25,28H,3-9,12-15,17-19H2,1-2H3;4-6,8,10,15,20,23,28H,3,7,9,11-14,16-18H2,1-2H3;8-9,14,19-20,23,26H,3-7,10-13,15-17H2,1-2H3;7-8,14,19,22,25H,4-6,9-13,15-17H2,1-3H3;4-5,10,16,22,25H,6-9,11-14H2,1-3H3. The van der Waals surface area contributed by atoms with Crippen LogP contribution in [0.5, 0.6) is 57.5 Å². The molecule has 5 unspecified atom stereocenters. The lowest BCUT2D eigenvalue weighted by molar-refractivity contribution is 0.0223. The average Bonchev–Trinajstić information content (AvgIpc) is 0.878. The minimum atomic E-state index is -2.77. The predicted molar refractivity (Wildman–Crippen MR) is 561 cm³/mol. The van der Waals surface area contributed by atoms with E-state index in [9.17, 15) is 34.3 Å². The zero-order valence-electron chi connectivity index (χ0n) is 88.3. The molecule has 0 amide bonds. The van der Waals surface area contributed by atoms with Gasteiger partial charge in [0, 0.05) is 292 Å². The van der Waals surface area contributed by atoms with Crippen LogP contribution >= 0.6 is 0 Å². The number of nitrogens with zero attached hydrogens (tertiary/aromatic N) is 12. The smallest absolute Gasteiger partial charge is 0.257 e. The number of halogens is 2. The van der Waals surface area contributed by atoms with Crippen LogP contribution in [-0.2, 0) is 39.3 Å². The molecule has 7 aliphatic rings. The van der Waals surface area contributed by atoms with Gasteiger partial charge in [0.15, 0.2) is 0 Å². The van der Waals surface area contributed by atoms with Crippen LogP contribution in [0.4, 0.5) is 8.78 Å². The Kier molecular flexibility index (Phi) is 55.9. The summed E-state index contributed by atoms with van der Waals surface area (Å²) < 4.78 is 84.5. The SMILES string of the molecule is CCCCCNCc1ccc(OC)cc1OCC(O)CN1CCN(C)CC1.COc1ccc(CNC2CCCCC2)c(OCC(O)CN2CCN(C)CC2)c1.COc1ccc(CNC2CCCCCCC2)c(OCC(O)CN2CCN(C)CC2)c1.COc1ccc(CNCC(C)(F)F)c(OCC(O)CN2CCN(C)CC2)c1.COc1ccc(CNCCCn2cccn2)c(OCC(O)CN2CCN(C)CC2)c1. The first-order valence-electron chi connectivity index (χ1n) is 52.7. The topological polar surface area (TPSA) is 304 Å². The molecule has 6 aromatic rings. The molecule has 2 aliphatic carbocycles. The van der Waals surface area contributed by atoms with Crippen LogP contribution in [0.25, 0.3) is 0 Å². The molecule has 5 aliphatic heterocycles. The summed E-state index contributed by atoms with van der Waals surface area (Å²) in [6.07, 6.45) is 21.6. The maximum absolute atomic E-state index is 13.0. The number of ether oxygens (including phenoxy) is 10. The fraction of sp³-hybridized carbons (Fsp3) is 0.694. The normalized spacial score (nSPS) is 18.6. The maximum atomic E-state index is 13.0. The summed E-state index contributed by atoms with van der Waals surface area (Å²) >= 11 is 0. The lowest BCUT2D eigenvalue weighted by Crippen LogP contribution is -2.47. The molecule has 2 saturated carbocycles. The Hall–Kier alpha value is -7.63. The van der Waals surface area contributed by atoms with E-state index in [0.717, 1.165) is 257 Å². The number of likely N-dealkylation sites (N-methyl/N-ethyl adjacent to an activating group) is 5. The number of aryl methyl sites for hydroxylation is 1. The van der Waals surface area contributed by atoms with E-state index in [1.54, 1.807) is 59.9 Å². The molecule has 7 fully saturated rings. The van der Waals surface area contributed by atoms with Crippen LogP contribution < -0.4 is 74.0 Å². The number of hydrogen-bond donors (Lipinski definition) is 10. The van der Waals surface area contributed by atoms with E-state index in [2.05, 4.69) is 135 Å². The zero-order chi connectivity index (χ0) is 101. The Labute approximate surface area is 848 Å². The second kappa shape index (κ2) is 67.3. The Bertz CT molecular complexity index is 4280. The van der Waals surface area contributed by atoms with Crippen molar-refractivity contribution in [1.29, 1.82) is 0 Å². The molecule has 34 heteroatoms. The van der Waals surface area contributed by atoms with E-state index >= 15 is 0 Å². The highest BCUT2D eigenvalue weighted by molar-refractivity contribution is 5.45. The molecule has 0 bridgehead atoms. The highest BCUT2D eigenvalue weighted by Gasteiger charge is 2.28. The van der Waals surface area contributed by atoms with Crippen molar-refractivity contribution in [3.63, 3.8) is 0 Å². The van der Waals surface area contributed by atoms with Gasteiger partial charge in [-0.25, -0.2) is 8.78 Å². The molecule has 13 rings (SSSR count). The molecule has 5 atom stereocenters. The monoisotopic (exact) mass is 1990 g/mol. The Balaban J connectivity index is 0.000000198. The molecular weight excluding hydrogens is 1810 g/mol. The van der Waals surface area contributed by atoms with Gasteiger partial charge in [0.2, 0.25) is 0 Å². The minimum Gasteiger partial charge on any atom is -0.497 e. The number of methoxy groups -OCH3 is 5. The van der Waals surface area contributed by atoms with Gasteiger partial charge in [-0.15, -0.1) is 0 Å². The van der Waals surface area contributed by atoms with E-state index in [4.69, 9.17) is 47.4 Å². The van der Waals surface area contributed by atoms with Crippen molar-refractivity contribution >= 4 is 0 Å². The summed E-state index contributed by atoms with van der Waals surface area (Å²) in [6.45, 7) is 33.4. The van der Waals surface area contributed by atoms with Gasteiger partial charge in [0.05, 0.1) is 42.1 Å². The Morgan fingerprint density at radius 2 is 0.613 bits per heavy atom. The lowest BCUT2D eigenvalue weighted by Gasteiger charge is -2.33. The number of alkyl halides is 2. The number of unbranched alkanes of at least 4 members (excludes halogenated alkanes) is 2. The first-order valence-corrected chi connectivity index (χ1v) is 52.7. The van der Waals surface area contributed by atoms with Gasteiger partial charge in [-0.2, -0.15) is 5.10 Å². The average molecular weight is 2000 g/mol. The van der Waals surface area contributed by atoms with Crippen molar-refractivity contribution in [2.45, 2.75) is 204 Å². The summed E-state index contributed by atoms with van der Waals surface area (Å²) in [5.41, 5.74) is 5.15. The molecule has 802 valence electrons. The number of rotatable bonds is 52. The lowest BCUT2D eigenvalue weighted by atomic mass is 9.95. The number of piperazine rings is 5. The molecule has 32 nitrogen and oxygen atoms in total. The summed E-state index contributed by atoms with van der Waals surface area (Å²) in [5, 5.41) is 73.4. The van der Waals surface area contributed by atoms with Gasteiger partial charge < -0.3 is 124 Å². The molecule has 0 radical (unpaired) electrons. The summed E-state index contributed by atoms with van der Waals surface area (Å²) in [7, 11) is 18.8. The number of aromatic nitrogens is 2. The second-order valence-corrected chi connectivity index (χ2v) is 39.7. The maximum Gasteiger partial charge on any atom is 0.257 e. The molecule has 10 N–H and O–H groups in total. The number of aliphatic hydroxyl groups excluding tert-OH is 5. The predicted octanol–water partition coefficient (Wildman–Crippen LogP) is 9.44. The number of β-amino-alcohol motifs (C(OH)–C–C–N with tert-alkyl or cyclic N) is 5. The van der Waals surface area contributed by atoms with E-state index in [1.807, 2.05) is 77.6 Å². The fourth-order valence-electron chi connectivity index (χ4n) is 18.2. The van der Waals surface area contributed by atoms with E-state index in [-0.39, 0.29) is 19.8 Å². The van der Waals surface area contributed by atoms with Gasteiger partial charge in [0.25, 0.3) is 5.92 Å². The van der Waals surface area contributed by atoms with Crippen LogP contribution in [0, 0.1) is 0 Å². The molecule has 1 aromatic heterocycles. The van der Waals surface area contributed by atoms with Gasteiger partial charge in [0.1, 0.15) is 121 Å². The van der Waals surface area contributed by atoms with Crippen molar-refractivity contribution in [2.75, 3.05) is 287 Å². The van der Waals surface area contributed by atoms with Crippen LogP contribution in [-0.4, -0.2) is 420 Å². The highest BCUT2D eigenvalue weighted by atomic mass is 19.3.